The molecule has 256 valence electrons. The number of carbonyl (C=O) groups is 3. The average Bonchev–Trinajstić information content (AvgIpc) is 3.36. The third kappa shape index (κ3) is 6.51. The molecule has 1 saturated carbocycles. The van der Waals surface area contributed by atoms with Crippen molar-refractivity contribution in [1.29, 1.82) is 0 Å². The van der Waals surface area contributed by atoms with Crippen molar-refractivity contribution in [1.82, 2.24) is 20.2 Å². The van der Waals surface area contributed by atoms with Gasteiger partial charge in [-0.05, 0) is 43.7 Å². The number of rotatable bonds is 6. The van der Waals surface area contributed by atoms with E-state index in [0.717, 1.165) is 31.4 Å². The van der Waals surface area contributed by atoms with Gasteiger partial charge in [-0.2, -0.15) is 0 Å². The minimum absolute atomic E-state index is 0.143. The summed E-state index contributed by atoms with van der Waals surface area (Å²) in [6.45, 7) is 8.17. The Kier molecular flexibility index (Phi) is 9.47. The number of aliphatic carboxylic acids is 1. The average molecular weight is 695 g/mol. The number of aromatic nitrogens is 2. The molecule has 48 heavy (non-hydrogen) atoms. The first-order chi connectivity index (χ1) is 22.8. The molecular formula is C36H43ClN4O6S. The number of methoxy groups -OCH3 is 1. The zero-order valence-corrected chi connectivity index (χ0v) is 29.6. The molecule has 2 aliphatic heterocycles. The van der Waals surface area contributed by atoms with Gasteiger partial charge < -0.3 is 24.8 Å². The van der Waals surface area contributed by atoms with E-state index in [2.05, 4.69) is 19.2 Å². The molecule has 2 aromatic heterocycles. The van der Waals surface area contributed by atoms with Crippen LogP contribution in [0.4, 0.5) is 0 Å². The smallest absolute Gasteiger partial charge is 0.330 e. The summed E-state index contributed by atoms with van der Waals surface area (Å²) < 4.78 is 12.2. The highest BCUT2D eigenvalue weighted by atomic mass is 35.5. The van der Waals surface area contributed by atoms with Crippen LogP contribution in [-0.2, 0) is 14.4 Å². The van der Waals surface area contributed by atoms with Gasteiger partial charge in [0.2, 0.25) is 11.8 Å². The van der Waals surface area contributed by atoms with Crippen LogP contribution in [0.1, 0.15) is 84.3 Å². The second-order valence-electron chi connectivity index (χ2n) is 14.2. The Morgan fingerprint density at radius 2 is 1.96 bits per heavy atom. The van der Waals surface area contributed by atoms with Crippen LogP contribution in [0.5, 0.6) is 11.5 Å². The molecule has 0 radical (unpaired) electrons. The number of carbonyl (C=O) groups excluding carboxylic acids is 2. The maximum absolute atomic E-state index is 14.2. The number of pyridine rings is 1. The number of thiazole rings is 1. The highest BCUT2D eigenvalue weighted by Crippen LogP contribution is 2.46. The van der Waals surface area contributed by atoms with E-state index in [1.165, 1.54) is 11.3 Å². The van der Waals surface area contributed by atoms with Gasteiger partial charge in [0, 0.05) is 34.6 Å². The normalized spacial score (nSPS) is 26.6. The first-order valence-electron chi connectivity index (χ1n) is 16.7. The number of halogens is 1. The Morgan fingerprint density at radius 3 is 2.67 bits per heavy atom. The summed E-state index contributed by atoms with van der Waals surface area (Å²) in [5.74, 6) is -0.762. The van der Waals surface area contributed by atoms with Gasteiger partial charge in [0.25, 0.3) is 0 Å². The molecule has 3 aromatic rings. The van der Waals surface area contributed by atoms with Crippen molar-refractivity contribution < 1.29 is 29.0 Å². The zero-order valence-electron chi connectivity index (χ0n) is 28.0. The highest BCUT2D eigenvalue weighted by molar-refractivity contribution is 7.13. The first kappa shape index (κ1) is 34.2. The molecule has 4 atom stereocenters. The summed E-state index contributed by atoms with van der Waals surface area (Å²) in [6, 6.07) is 4.52. The molecule has 3 aliphatic rings. The number of allylic oxidation sites excluding steroid dienone is 1. The van der Waals surface area contributed by atoms with E-state index >= 15 is 0 Å². The summed E-state index contributed by atoms with van der Waals surface area (Å²) in [6.07, 6.45) is 8.22. The van der Waals surface area contributed by atoms with Gasteiger partial charge in [0.15, 0.2) is 0 Å². The Morgan fingerprint density at radius 1 is 1.17 bits per heavy atom. The maximum atomic E-state index is 14.2. The van der Waals surface area contributed by atoms with Crippen molar-refractivity contribution in [3.8, 4) is 22.2 Å². The Hall–Kier alpha value is -3.70. The van der Waals surface area contributed by atoms with Crippen LogP contribution < -0.4 is 14.8 Å². The van der Waals surface area contributed by atoms with Crippen molar-refractivity contribution >= 4 is 51.6 Å². The predicted octanol–water partition coefficient (Wildman–Crippen LogP) is 7.00. The Bertz CT molecular complexity index is 1770. The predicted molar refractivity (Wildman–Crippen MR) is 186 cm³/mol. The van der Waals surface area contributed by atoms with Gasteiger partial charge in [-0.25, -0.2) is 14.8 Å². The zero-order chi connectivity index (χ0) is 34.4. The van der Waals surface area contributed by atoms with E-state index in [9.17, 15) is 19.5 Å². The molecule has 2 fully saturated rings. The lowest BCUT2D eigenvalue weighted by Crippen LogP contribution is -2.54. The first-order valence-corrected chi connectivity index (χ1v) is 17.9. The van der Waals surface area contributed by atoms with Gasteiger partial charge in [-0.3, -0.25) is 9.59 Å². The van der Waals surface area contributed by atoms with Crippen LogP contribution in [0.25, 0.3) is 21.6 Å². The van der Waals surface area contributed by atoms with E-state index in [1.807, 2.05) is 43.5 Å². The summed E-state index contributed by atoms with van der Waals surface area (Å²) in [5, 5.41) is 16.7. The molecule has 4 heterocycles. The molecule has 0 unspecified atom stereocenters. The van der Waals surface area contributed by atoms with Crippen molar-refractivity contribution in [2.75, 3.05) is 13.7 Å². The molecule has 12 heteroatoms. The van der Waals surface area contributed by atoms with E-state index in [0.29, 0.717) is 51.0 Å². The SMILES string of the molecule is COc1ccc2c(O[C@@H]3C[C@H]4C(=O)N[C@]5(C(=O)O)C[C@H]5/C=C\CCCCCC(C)(C)C(=O)N4C3)cc(-c3nc(C(C)C)cs3)nc2c1Cl. The molecule has 0 bridgehead atoms. The topological polar surface area (TPSA) is 131 Å². The Labute approximate surface area is 289 Å². The molecule has 1 aliphatic carbocycles. The number of hydrogen-bond donors (Lipinski definition) is 2. The van der Waals surface area contributed by atoms with Gasteiger partial charge >= 0.3 is 5.97 Å². The fourth-order valence-electron chi connectivity index (χ4n) is 6.81. The van der Waals surface area contributed by atoms with Gasteiger partial charge in [-0.15, -0.1) is 11.3 Å². The fourth-order valence-corrected chi connectivity index (χ4v) is 8.03. The van der Waals surface area contributed by atoms with E-state index in [-0.39, 0.29) is 30.7 Å². The van der Waals surface area contributed by atoms with Crippen LogP contribution in [-0.4, -0.2) is 69.1 Å². The molecule has 6 rings (SSSR count). The van der Waals surface area contributed by atoms with Gasteiger partial charge in [-0.1, -0.05) is 64.3 Å². The molecule has 10 nitrogen and oxygen atoms in total. The number of nitrogens with one attached hydrogen (secondary N) is 1. The third-order valence-corrected chi connectivity index (χ3v) is 11.1. The van der Waals surface area contributed by atoms with Gasteiger partial charge in [0.05, 0.1) is 24.9 Å². The number of benzene rings is 1. The van der Waals surface area contributed by atoms with Crippen LogP contribution >= 0.6 is 22.9 Å². The largest absolute Gasteiger partial charge is 0.495 e. The number of carboxylic acids is 1. The number of nitrogens with zero attached hydrogens (tertiary/aromatic N) is 3. The van der Waals surface area contributed by atoms with Crippen LogP contribution in [0.3, 0.4) is 0 Å². The fraction of sp³-hybridized carbons (Fsp3) is 0.528. The van der Waals surface area contributed by atoms with Crippen molar-refractivity contribution in [3.05, 3.63) is 46.4 Å². The van der Waals surface area contributed by atoms with E-state index < -0.39 is 35.0 Å². The minimum atomic E-state index is -1.37. The second-order valence-corrected chi connectivity index (χ2v) is 15.4. The number of fused-ring (bicyclic) bond motifs is 3. The van der Waals surface area contributed by atoms with Crippen LogP contribution in [0.15, 0.2) is 35.7 Å². The van der Waals surface area contributed by atoms with Crippen LogP contribution in [0.2, 0.25) is 5.02 Å². The summed E-state index contributed by atoms with van der Waals surface area (Å²) >= 11 is 8.26. The lowest BCUT2D eigenvalue weighted by molar-refractivity contribution is -0.148. The number of ether oxygens (including phenoxy) is 2. The minimum Gasteiger partial charge on any atom is -0.495 e. The van der Waals surface area contributed by atoms with Crippen molar-refractivity contribution in [3.63, 3.8) is 0 Å². The summed E-state index contributed by atoms with van der Waals surface area (Å²) in [5.41, 5.74) is -0.0513. The quantitative estimate of drug-likeness (QED) is 0.264. The number of hydrogen-bond acceptors (Lipinski definition) is 8. The highest BCUT2D eigenvalue weighted by Gasteiger charge is 2.61. The molecule has 1 aromatic carbocycles. The number of carboxylic acid groups (broad SMARTS) is 1. The summed E-state index contributed by atoms with van der Waals surface area (Å²) in [7, 11) is 1.54. The van der Waals surface area contributed by atoms with Crippen molar-refractivity contribution in [2.45, 2.75) is 96.2 Å². The number of amides is 2. The summed E-state index contributed by atoms with van der Waals surface area (Å²) in [4.78, 5) is 51.8. The maximum Gasteiger partial charge on any atom is 0.330 e. The van der Waals surface area contributed by atoms with Crippen LogP contribution in [0, 0.1) is 11.3 Å². The second kappa shape index (κ2) is 13.3. The van der Waals surface area contributed by atoms with E-state index in [1.54, 1.807) is 18.1 Å². The lowest BCUT2D eigenvalue weighted by Gasteiger charge is -2.33. The van der Waals surface area contributed by atoms with E-state index in [4.69, 9.17) is 31.0 Å². The third-order valence-electron chi connectivity index (χ3n) is 9.88. The molecule has 2 amide bonds. The molecular weight excluding hydrogens is 652 g/mol. The van der Waals surface area contributed by atoms with Crippen molar-refractivity contribution in [2.24, 2.45) is 11.3 Å². The standard InChI is InChI=1S/C36H43ClN4O6S/c1-20(2)25-19-48-32(39-25)24-16-28(23-12-13-27(46-5)29(37)30(23)38-24)47-22-15-26-31(42)40-36(34(44)45)17-21(36)11-9-7-6-8-10-14-35(3,4)33(43)41(26)18-22/h9,11-13,16,19-22,26H,6-8,10,14-15,17-18H2,1-5H3,(H,40,42)(H,44,45)/b11-9-/t21-,22-,26+,36-/m1/s1. The molecule has 2 N–H and O–H groups in total. The lowest BCUT2D eigenvalue weighted by atomic mass is 9.85. The monoisotopic (exact) mass is 694 g/mol. The molecule has 0 spiro atoms. The van der Waals surface area contributed by atoms with Gasteiger partial charge in [0.1, 0.15) is 44.9 Å². The molecule has 1 saturated heterocycles. The Balaban J connectivity index is 1.36.